The van der Waals surface area contributed by atoms with Gasteiger partial charge in [0.15, 0.2) is 5.75 Å². The van der Waals surface area contributed by atoms with Crippen molar-refractivity contribution in [2.45, 2.75) is 13.5 Å². The molecule has 156 valence electrons. The number of ether oxygens (including phenoxy) is 1. The van der Waals surface area contributed by atoms with Crippen molar-refractivity contribution in [3.8, 4) is 5.75 Å². The number of nitro benzene ring substituents is 1. The lowest BCUT2D eigenvalue weighted by atomic mass is 10.2. The number of para-hydroxylation sites is 1. The predicted octanol–water partition coefficient (Wildman–Crippen LogP) is 2.84. The number of hydrogen-bond acceptors (Lipinski definition) is 8. The molecule has 9 heteroatoms. The van der Waals surface area contributed by atoms with Crippen LogP contribution >= 0.6 is 0 Å². The molecule has 1 fully saturated rings. The van der Waals surface area contributed by atoms with E-state index in [4.69, 9.17) is 10.5 Å². The van der Waals surface area contributed by atoms with E-state index in [-0.39, 0.29) is 5.69 Å². The number of nitrogen functional groups attached to an aromatic ring is 1. The zero-order valence-corrected chi connectivity index (χ0v) is 16.8. The zero-order chi connectivity index (χ0) is 21.1. The Morgan fingerprint density at radius 1 is 1.13 bits per heavy atom. The smallest absolute Gasteiger partial charge is 0.311 e. The number of benzene rings is 2. The molecule has 0 aliphatic carbocycles. The quantitative estimate of drug-likeness (QED) is 0.490. The third-order valence-electron chi connectivity index (χ3n) is 5.22. The molecule has 1 aliphatic rings. The van der Waals surface area contributed by atoms with Gasteiger partial charge in [0.2, 0.25) is 0 Å². The van der Waals surface area contributed by atoms with Gasteiger partial charge in [-0.25, -0.2) is 9.97 Å². The van der Waals surface area contributed by atoms with Crippen molar-refractivity contribution >= 4 is 28.1 Å². The highest BCUT2D eigenvalue weighted by Gasteiger charge is 2.22. The number of piperazine rings is 1. The summed E-state index contributed by atoms with van der Waals surface area (Å²) in [5, 5.41) is 12.1. The molecule has 9 nitrogen and oxygen atoms in total. The summed E-state index contributed by atoms with van der Waals surface area (Å²) in [6, 6.07) is 12.8. The van der Waals surface area contributed by atoms with Crippen LogP contribution in [0.4, 0.5) is 17.2 Å². The molecule has 0 atom stereocenters. The summed E-state index contributed by atoms with van der Waals surface area (Å²) in [5.74, 6) is 1.53. The van der Waals surface area contributed by atoms with Crippen molar-refractivity contribution < 1.29 is 9.66 Å². The molecule has 3 aromatic rings. The summed E-state index contributed by atoms with van der Waals surface area (Å²) in [5.41, 5.74) is 7.87. The van der Waals surface area contributed by atoms with Crippen molar-refractivity contribution in [1.29, 1.82) is 0 Å². The molecule has 0 bridgehead atoms. The SMILES string of the molecule is CCOc1cc(N2CCN(Cc3nc(N)c4ccccc4n3)CC2)ccc1[N+](=O)[O-]. The second kappa shape index (κ2) is 8.50. The van der Waals surface area contributed by atoms with Crippen LogP contribution < -0.4 is 15.4 Å². The van der Waals surface area contributed by atoms with Gasteiger partial charge in [-0.15, -0.1) is 0 Å². The molecule has 2 N–H and O–H groups in total. The Bertz CT molecular complexity index is 1070. The van der Waals surface area contributed by atoms with E-state index >= 15 is 0 Å². The van der Waals surface area contributed by atoms with Gasteiger partial charge in [0.05, 0.1) is 23.6 Å². The van der Waals surface area contributed by atoms with Gasteiger partial charge in [0, 0.05) is 49.4 Å². The summed E-state index contributed by atoms with van der Waals surface area (Å²) in [7, 11) is 0. The second-order valence-electron chi connectivity index (χ2n) is 7.15. The Labute approximate surface area is 174 Å². The molecule has 0 radical (unpaired) electrons. The lowest BCUT2D eigenvalue weighted by Gasteiger charge is -2.35. The summed E-state index contributed by atoms with van der Waals surface area (Å²) in [6.07, 6.45) is 0. The van der Waals surface area contributed by atoms with E-state index in [9.17, 15) is 10.1 Å². The molecule has 2 heterocycles. The number of hydrogen-bond donors (Lipinski definition) is 1. The van der Waals surface area contributed by atoms with Crippen LogP contribution in [0.25, 0.3) is 10.9 Å². The van der Waals surface area contributed by atoms with Gasteiger partial charge < -0.3 is 15.4 Å². The van der Waals surface area contributed by atoms with E-state index in [1.54, 1.807) is 12.1 Å². The third-order valence-corrected chi connectivity index (χ3v) is 5.22. The molecule has 0 saturated carbocycles. The Morgan fingerprint density at radius 3 is 2.63 bits per heavy atom. The molecular formula is C21H24N6O3. The number of anilines is 2. The molecule has 4 rings (SSSR count). The van der Waals surface area contributed by atoms with Gasteiger partial charge in [-0.05, 0) is 25.1 Å². The zero-order valence-electron chi connectivity index (χ0n) is 16.8. The minimum atomic E-state index is -0.415. The average molecular weight is 408 g/mol. The van der Waals surface area contributed by atoms with E-state index in [0.717, 1.165) is 42.8 Å². The maximum absolute atomic E-state index is 11.2. The van der Waals surface area contributed by atoms with Gasteiger partial charge in [-0.1, -0.05) is 12.1 Å². The molecule has 30 heavy (non-hydrogen) atoms. The minimum absolute atomic E-state index is 0.00900. The average Bonchev–Trinajstić information content (AvgIpc) is 2.74. The molecule has 1 saturated heterocycles. The van der Waals surface area contributed by atoms with Crippen LogP contribution in [0.15, 0.2) is 42.5 Å². The van der Waals surface area contributed by atoms with Gasteiger partial charge in [0.25, 0.3) is 0 Å². The van der Waals surface area contributed by atoms with Gasteiger partial charge >= 0.3 is 5.69 Å². The Kier molecular flexibility index (Phi) is 5.62. The lowest BCUT2D eigenvalue weighted by Crippen LogP contribution is -2.46. The number of nitrogens with zero attached hydrogens (tertiary/aromatic N) is 5. The maximum Gasteiger partial charge on any atom is 0.311 e. The summed E-state index contributed by atoms with van der Waals surface area (Å²) < 4.78 is 5.47. The van der Waals surface area contributed by atoms with Crippen LogP contribution in [-0.4, -0.2) is 52.6 Å². The van der Waals surface area contributed by atoms with Gasteiger partial charge in [0.1, 0.15) is 11.6 Å². The highest BCUT2D eigenvalue weighted by atomic mass is 16.6. The van der Waals surface area contributed by atoms with E-state index in [2.05, 4.69) is 19.8 Å². The summed E-state index contributed by atoms with van der Waals surface area (Å²) in [4.78, 5) is 24.4. The molecule has 1 aliphatic heterocycles. The number of nitrogens with two attached hydrogens (primary N) is 1. The van der Waals surface area contributed by atoms with Gasteiger partial charge in [-0.3, -0.25) is 15.0 Å². The van der Waals surface area contributed by atoms with Crippen LogP contribution in [0.5, 0.6) is 5.75 Å². The highest BCUT2D eigenvalue weighted by molar-refractivity contribution is 5.87. The number of aromatic nitrogens is 2. The molecular weight excluding hydrogens is 384 g/mol. The largest absolute Gasteiger partial charge is 0.487 e. The fourth-order valence-electron chi connectivity index (χ4n) is 3.71. The first kappa shape index (κ1) is 19.8. The van der Waals surface area contributed by atoms with Crippen LogP contribution in [0.2, 0.25) is 0 Å². The first-order valence-corrected chi connectivity index (χ1v) is 9.95. The third kappa shape index (κ3) is 4.11. The van der Waals surface area contributed by atoms with E-state index in [1.165, 1.54) is 6.07 Å². The van der Waals surface area contributed by atoms with Crippen molar-refractivity contribution in [2.24, 2.45) is 0 Å². The first-order chi connectivity index (χ1) is 14.5. The standard InChI is InChI=1S/C21H24N6O3/c1-2-30-19-13-15(7-8-18(19)27(28)29)26-11-9-25(10-12-26)14-20-23-17-6-4-3-5-16(17)21(22)24-20/h3-8,13H,2,9-12,14H2,1H3,(H2,22,23,24). The van der Waals surface area contributed by atoms with E-state index < -0.39 is 4.92 Å². The topological polar surface area (TPSA) is 111 Å². The minimum Gasteiger partial charge on any atom is -0.487 e. The van der Waals surface area contributed by atoms with E-state index in [0.29, 0.717) is 30.5 Å². The molecule has 0 unspecified atom stereocenters. The number of nitro groups is 1. The van der Waals surface area contributed by atoms with Crippen LogP contribution in [0, 0.1) is 10.1 Å². The summed E-state index contributed by atoms with van der Waals surface area (Å²) in [6.45, 7) is 6.09. The maximum atomic E-state index is 11.2. The Hall–Kier alpha value is -3.46. The monoisotopic (exact) mass is 408 g/mol. The van der Waals surface area contributed by atoms with Crippen molar-refractivity contribution in [3.63, 3.8) is 0 Å². The highest BCUT2D eigenvalue weighted by Crippen LogP contribution is 2.32. The fraction of sp³-hybridized carbons (Fsp3) is 0.333. The number of rotatable bonds is 6. The van der Waals surface area contributed by atoms with Crippen molar-refractivity contribution in [3.05, 3.63) is 58.4 Å². The Balaban J connectivity index is 1.43. The first-order valence-electron chi connectivity index (χ1n) is 9.95. The molecule has 1 aromatic heterocycles. The number of fused-ring (bicyclic) bond motifs is 1. The molecule has 0 amide bonds. The Morgan fingerprint density at radius 2 is 1.90 bits per heavy atom. The molecule has 2 aromatic carbocycles. The predicted molar refractivity (Wildman–Crippen MR) is 116 cm³/mol. The fourth-order valence-corrected chi connectivity index (χ4v) is 3.71. The normalized spacial score (nSPS) is 14.8. The second-order valence-corrected chi connectivity index (χ2v) is 7.15. The van der Waals surface area contributed by atoms with E-state index in [1.807, 2.05) is 31.2 Å². The van der Waals surface area contributed by atoms with Gasteiger partial charge in [-0.2, -0.15) is 0 Å². The van der Waals surface area contributed by atoms with Crippen molar-refractivity contribution in [1.82, 2.24) is 14.9 Å². The van der Waals surface area contributed by atoms with Crippen molar-refractivity contribution in [2.75, 3.05) is 43.4 Å². The lowest BCUT2D eigenvalue weighted by molar-refractivity contribution is -0.385. The molecule has 0 spiro atoms. The van der Waals surface area contributed by atoms with Crippen LogP contribution in [-0.2, 0) is 6.54 Å². The van der Waals surface area contributed by atoms with Crippen LogP contribution in [0.1, 0.15) is 12.7 Å². The summed E-state index contributed by atoms with van der Waals surface area (Å²) >= 11 is 0. The van der Waals surface area contributed by atoms with Crippen LogP contribution in [0.3, 0.4) is 0 Å².